The van der Waals surface area contributed by atoms with Gasteiger partial charge >= 0.3 is 0 Å². The van der Waals surface area contributed by atoms with Crippen LogP contribution < -0.4 is 0 Å². The highest BCUT2D eigenvalue weighted by Gasteiger charge is 2.14. The highest BCUT2D eigenvalue weighted by molar-refractivity contribution is 5.43. The van der Waals surface area contributed by atoms with Crippen molar-refractivity contribution in [2.75, 3.05) is 0 Å². The van der Waals surface area contributed by atoms with Crippen molar-refractivity contribution in [1.29, 1.82) is 0 Å². The van der Waals surface area contributed by atoms with Crippen LogP contribution in [0.1, 0.15) is 24.5 Å². The van der Waals surface area contributed by atoms with Gasteiger partial charge in [0.1, 0.15) is 0 Å². The fraction of sp³-hybridized carbons (Fsp3) is 0.556. The van der Waals surface area contributed by atoms with Crippen LogP contribution in [0.5, 0.6) is 11.8 Å². The zero-order chi connectivity index (χ0) is 9.30. The maximum atomic E-state index is 9.53. The second kappa shape index (κ2) is 3.09. The fourth-order valence-electron chi connectivity index (χ4n) is 1.28. The number of hydrogen-bond donors (Lipinski definition) is 2. The molecule has 0 aliphatic heterocycles. The van der Waals surface area contributed by atoms with Gasteiger partial charge in [-0.05, 0) is 20.3 Å². The first-order valence-electron chi connectivity index (χ1n) is 4.17. The van der Waals surface area contributed by atoms with Crippen LogP contribution in [-0.2, 0) is 6.54 Å². The second-order valence-electron chi connectivity index (χ2n) is 3.05. The molecule has 0 radical (unpaired) electrons. The smallest absolute Gasteiger partial charge is 0.197 e. The molecule has 1 rings (SSSR count). The SMILES string of the molecule is CCCn1c(O)c(C)c(C)c1O. The predicted molar refractivity (Wildman–Crippen MR) is 47.5 cm³/mol. The molecule has 0 fully saturated rings. The number of hydrogen-bond acceptors (Lipinski definition) is 2. The highest BCUT2D eigenvalue weighted by Crippen LogP contribution is 2.31. The van der Waals surface area contributed by atoms with Crippen molar-refractivity contribution in [1.82, 2.24) is 4.57 Å². The van der Waals surface area contributed by atoms with Crippen molar-refractivity contribution >= 4 is 0 Å². The summed E-state index contributed by atoms with van der Waals surface area (Å²) in [7, 11) is 0. The van der Waals surface area contributed by atoms with E-state index in [4.69, 9.17) is 0 Å². The Morgan fingerprint density at radius 3 is 1.83 bits per heavy atom. The Morgan fingerprint density at radius 1 is 1.08 bits per heavy atom. The summed E-state index contributed by atoms with van der Waals surface area (Å²) in [5.74, 6) is 0.374. The molecule has 3 heteroatoms. The monoisotopic (exact) mass is 169 g/mol. The van der Waals surface area contributed by atoms with E-state index in [-0.39, 0.29) is 11.8 Å². The van der Waals surface area contributed by atoms with Crippen LogP contribution in [0.25, 0.3) is 0 Å². The van der Waals surface area contributed by atoms with Gasteiger partial charge in [-0.2, -0.15) is 0 Å². The third kappa shape index (κ3) is 1.15. The van der Waals surface area contributed by atoms with Gasteiger partial charge in [-0.15, -0.1) is 0 Å². The van der Waals surface area contributed by atoms with Gasteiger partial charge in [0, 0.05) is 17.7 Å². The minimum atomic E-state index is 0.187. The Kier molecular flexibility index (Phi) is 2.31. The number of nitrogens with zero attached hydrogens (tertiary/aromatic N) is 1. The van der Waals surface area contributed by atoms with Crippen LogP contribution >= 0.6 is 0 Å². The topological polar surface area (TPSA) is 45.4 Å². The van der Waals surface area contributed by atoms with Gasteiger partial charge in [0.2, 0.25) is 0 Å². The molecule has 1 aromatic rings. The number of aromatic nitrogens is 1. The minimum absolute atomic E-state index is 0.187. The summed E-state index contributed by atoms with van der Waals surface area (Å²) in [5.41, 5.74) is 1.53. The summed E-state index contributed by atoms with van der Waals surface area (Å²) >= 11 is 0. The van der Waals surface area contributed by atoms with E-state index in [1.54, 1.807) is 13.8 Å². The normalized spacial score (nSPS) is 10.6. The van der Waals surface area contributed by atoms with E-state index >= 15 is 0 Å². The van der Waals surface area contributed by atoms with E-state index < -0.39 is 0 Å². The Hall–Kier alpha value is -1.12. The summed E-state index contributed by atoms with van der Waals surface area (Å²) in [6, 6.07) is 0. The Labute approximate surface area is 72.3 Å². The molecular formula is C9H15NO2. The molecular weight excluding hydrogens is 154 g/mol. The molecule has 0 spiro atoms. The molecule has 3 nitrogen and oxygen atoms in total. The van der Waals surface area contributed by atoms with Crippen molar-refractivity contribution in [3.63, 3.8) is 0 Å². The second-order valence-corrected chi connectivity index (χ2v) is 3.05. The van der Waals surface area contributed by atoms with Gasteiger partial charge in [-0.25, -0.2) is 0 Å². The molecule has 2 N–H and O–H groups in total. The lowest BCUT2D eigenvalue weighted by molar-refractivity contribution is 0.364. The number of rotatable bonds is 2. The average molecular weight is 169 g/mol. The molecule has 12 heavy (non-hydrogen) atoms. The van der Waals surface area contributed by atoms with Gasteiger partial charge in [0.15, 0.2) is 11.8 Å². The molecule has 0 bridgehead atoms. The molecule has 0 unspecified atom stereocenters. The maximum absolute atomic E-state index is 9.53. The standard InChI is InChI=1S/C9H15NO2/c1-4-5-10-8(11)6(2)7(3)9(10)12/h11-12H,4-5H2,1-3H3. The third-order valence-electron chi connectivity index (χ3n) is 2.19. The molecule has 0 atom stereocenters. The number of aromatic hydroxyl groups is 2. The molecule has 0 saturated heterocycles. The quantitative estimate of drug-likeness (QED) is 0.710. The highest BCUT2D eigenvalue weighted by atomic mass is 16.3. The molecule has 0 aliphatic rings. The molecule has 0 saturated carbocycles. The molecule has 0 aromatic carbocycles. The zero-order valence-electron chi connectivity index (χ0n) is 7.76. The summed E-state index contributed by atoms with van der Waals surface area (Å²) < 4.78 is 1.53. The first-order valence-corrected chi connectivity index (χ1v) is 4.17. The van der Waals surface area contributed by atoms with Crippen LogP contribution in [-0.4, -0.2) is 14.8 Å². The largest absolute Gasteiger partial charge is 0.494 e. The first kappa shape index (κ1) is 8.97. The molecule has 0 aliphatic carbocycles. The maximum Gasteiger partial charge on any atom is 0.197 e. The Balaban J connectivity index is 3.18. The fourth-order valence-corrected chi connectivity index (χ4v) is 1.28. The minimum Gasteiger partial charge on any atom is -0.494 e. The summed E-state index contributed by atoms with van der Waals surface area (Å²) in [6.45, 7) is 6.27. The van der Waals surface area contributed by atoms with Crippen molar-refractivity contribution in [3.8, 4) is 11.8 Å². The van der Waals surface area contributed by atoms with Gasteiger partial charge in [-0.1, -0.05) is 6.92 Å². The van der Waals surface area contributed by atoms with Crippen molar-refractivity contribution in [2.24, 2.45) is 0 Å². The Bertz CT molecular complexity index is 264. The summed E-state index contributed by atoms with van der Waals surface area (Å²) in [5, 5.41) is 19.1. The van der Waals surface area contributed by atoms with Crippen LogP contribution in [0.2, 0.25) is 0 Å². The van der Waals surface area contributed by atoms with Gasteiger partial charge in [0.05, 0.1) is 0 Å². The van der Waals surface area contributed by atoms with Gasteiger partial charge in [-0.3, -0.25) is 4.57 Å². The molecule has 0 amide bonds. The van der Waals surface area contributed by atoms with Crippen LogP contribution in [0.3, 0.4) is 0 Å². The molecule has 1 aromatic heterocycles. The predicted octanol–water partition coefficient (Wildman–Crippen LogP) is 1.93. The van der Waals surface area contributed by atoms with E-state index in [1.807, 2.05) is 6.92 Å². The van der Waals surface area contributed by atoms with E-state index in [0.29, 0.717) is 6.54 Å². The third-order valence-corrected chi connectivity index (χ3v) is 2.19. The van der Waals surface area contributed by atoms with Crippen LogP contribution in [0.4, 0.5) is 0 Å². The zero-order valence-corrected chi connectivity index (χ0v) is 7.76. The van der Waals surface area contributed by atoms with E-state index in [0.717, 1.165) is 17.5 Å². The van der Waals surface area contributed by atoms with E-state index in [2.05, 4.69) is 0 Å². The summed E-state index contributed by atoms with van der Waals surface area (Å²) in [6.07, 6.45) is 0.898. The van der Waals surface area contributed by atoms with Crippen molar-refractivity contribution < 1.29 is 10.2 Å². The lowest BCUT2D eigenvalue weighted by Crippen LogP contribution is -1.94. The van der Waals surface area contributed by atoms with Crippen molar-refractivity contribution in [2.45, 2.75) is 33.7 Å². The van der Waals surface area contributed by atoms with Gasteiger partial charge in [0.25, 0.3) is 0 Å². The lowest BCUT2D eigenvalue weighted by atomic mass is 10.2. The molecule has 1 heterocycles. The van der Waals surface area contributed by atoms with Gasteiger partial charge < -0.3 is 10.2 Å². The first-order chi connectivity index (χ1) is 5.59. The van der Waals surface area contributed by atoms with E-state index in [1.165, 1.54) is 4.57 Å². The van der Waals surface area contributed by atoms with Crippen molar-refractivity contribution in [3.05, 3.63) is 11.1 Å². The van der Waals surface area contributed by atoms with E-state index in [9.17, 15) is 10.2 Å². The lowest BCUT2D eigenvalue weighted by Gasteiger charge is -2.03. The Morgan fingerprint density at radius 2 is 1.50 bits per heavy atom. The van der Waals surface area contributed by atoms with Crippen LogP contribution in [0.15, 0.2) is 0 Å². The average Bonchev–Trinajstić information content (AvgIpc) is 2.23. The molecule has 68 valence electrons. The van der Waals surface area contributed by atoms with Crippen LogP contribution in [0, 0.1) is 13.8 Å². The summed E-state index contributed by atoms with van der Waals surface area (Å²) in [4.78, 5) is 0.